The van der Waals surface area contributed by atoms with Gasteiger partial charge in [-0.05, 0) is 34.1 Å². The summed E-state index contributed by atoms with van der Waals surface area (Å²) in [6.07, 6.45) is 7.36. The molecule has 0 radical (unpaired) electrons. The number of nitrogens with zero attached hydrogens (tertiary/aromatic N) is 1. The highest BCUT2D eigenvalue weighted by Gasteiger charge is 1.95. The average Bonchev–Trinajstić information content (AvgIpc) is 2.63. The summed E-state index contributed by atoms with van der Waals surface area (Å²) in [5.74, 6) is 0.984. The van der Waals surface area contributed by atoms with E-state index in [9.17, 15) is 0 Å². The lowest BCUT2D eigenvalue weighted by Crippen LogP contribution is -1.70. The zero-order chi connectivity index (χ0) is 10.6. The molecule has 0 aromatic carbocycles. The Balaban J connectivity index is 0.000000140. The van der Waals surface area contributed by atoms with E-state index in [4.69, 9.17) is 0 Å². The molecule has 0 unspecified atom stereocenters. The Kier molecular flexibility index (Phi) is 3.69. The van der Waals surface area contributed by atoms with Gasteiger partial charge in [-0.15, -0.1) is 0 Å². The molecule has 1 N–H and O–H groups in total. The first kappa shape index (κ1) is 10.8. The normalized spacial score (nSPS) is 14.3. The maximum Gasteiger partial charge on any atom is 0.103 e. The second-order valence-electron chi connectivity index (χ2n) is 3.85. The van der Waals surface area contributed by atoms with Gasteiger partial charge >= 0.3 is 0 Å². The maximum absolute atomic E-state index is 3.96. The quantitative estimate of drug-likeness (QED) is 0.668. The summed E-state index contributed by atoms with van der Waals surface area (Å²) in [6.45, 7) is 8.24. The first-order chi connectivity index (χ1) is 6.58. The number of rotatable bonds is 0. The SMILES string of the molecule is CC1=CC=C(C)C1.Cc1cnc(C)[nH]1. The molecule has 0 saturated heterocycles. The summed E-state index contributed by atoms with van der Waals surface area (Å²) in [7, 11) is 0. The highest BCUT2D eigenvalue weighted by molar-refractivity contribution is 5.27. The van der Waals surface area contributed by atoms with Crippen molar-refractivity contribution in [3.63, 3.8) is 0 Å². The van der Waals surface area contributed by atoms with Crippen LogP contribution in [0.15, 0.2) is 29.5 Å². The summed E-state index contributed by atoms with van der Waals surface area (Å²) in [5, 5.41) is 0. The molecule has 0 saturated carbocycles. The molecule has 1 heterocycles. The Morgan fingerprint density at radius 3 is 1.79 bits per heavy atom. The molecule has 14 heavy (non-hydrogen) atoms. The number of hydrogen-bond donors (Lipinski definition) is 1. The van der Waals surface area contributed by atoms with Crippen molar-refractivity contribution in [3.8, 4) is 0 Å². The smallest absolute Gasteiger partial charge is 0.103 e. The van der Waals surface area contributed by atoms with Crippen LogP contribution in [0.3, 0.4) is 0 Å². The number of nitrogens with one attached hydrogen (secondary N) is 1. The second kappa shape index (κ2) is 4.80. The van der Waals surface area contributed by atoms with Gasteiger partial charge < -0.3 is 4.98 Å². The minimum atomic E-state index is 0.984. The molecule has 1 aliphatic carbocycles. The zero-order valence-electron chi connectivity index (χ0n) is 9.39. The summed E-state index contributed by atoms with van der Waals surface area (Å²) < 4.78 is 0. The molecule has 2 nitrogen and oxygen atoms in total. The number of aromatic amines is 1. The van der Waals surface area contributed by atoms with Crippen molar-refractivity contribution < 1.29 is 0 Å². The first-order valence-electron chi connectivity index (χ1n) is 4.89. The van der Waals surface area contributed by atoms with Crippen molar-refractivity contribution in [1.82, 2.24) is 9.97 Å². The fourth-order valence-corrected chi connectivity index (χ4v) is 1.39. The molecule has 2 rings (SSSR count). The van der Waals surface area contributed by atoms with Crippen molar-refractivity contribution in [2.45, 2.75) is 34.1 Å². The Morgan fingerprint density at radius 1 is 1.07 bits per heavy atom. The largest absolute Gasteiger partial charge is 0.346 e. The van der Waals surface area contributed by atoms with Crippen molar-refractivity contribution in [2.75, 3.05) is 0 Å². The van der Waals surface area contributed by atoms with Crippen LogP contribution in [0.1, 0.15) is 31.8 Å². The van der Waals surface area contributed by atoms with E-state index in [0.29, 0.717) is 0 Å². The Hall–Kier alpha value is -1.31. The first-order valence-corrected chi connectivity index (χ1v) is 4.89. The molecular weight excluding hydrogens is 172 g/mol. The van der Waals surface area contributed by atoms with Gasteiger partial charge in [0.05, 0.1) is 0 Å². The van der Waals surface area contributed by atoms with Crippen molar-refractivity contribution >= 4 is 0 Å². The van der Waals surface area contributed by atoms with E-state index < -0.39 is 0 Å². The van der Waals surface area contributed by atoms with Gasteiger partial charge in [-0.2, -0.15) is 0 Å². The fourth-order valence-electron chi connectivity index (χ4n) is 1.39. The third-order valence-corrected chi connectivity index (χ3v) is 2.04. The molecule has 0 aliphatic heterocycles. The van der Waals surface area contributed by atoms with Crippen LogP contribution in [0, 0.1) is 13.8 Å². The van der Waals surface area contributed by atoms with Gasteiger partial charge in [-0.1, -0.05) is 23.3 Å². The zero-order valence-corrected chi connectivity index (χ0v) is 9.39. The Bertz CT molecular complexity index is 324. The second-order valence-corrected chi connectivity index (χ2v) is 3.85. The molecule has 76 valence electrons. The third kappa shape index (κ3) is 3.60. The topological polar surface area (TPSA) is 28.7 Å². The fraction of sp³-hybridized carbons (Fsp3) is 0.417. The lowest BCUT2D eigenvalue weighted by molar-refractivity contribution is 1.13. The van der Waals surface area contributed by atoms with Gasteiger partial charge in [0.2, 0.25) is 0 Å². The molecule has 0 spiro atoms. The number of hydrogen-bond acceptors (Lipinski definition) is 1. The molecule has 2 heteroatoms. The number of aryl methyl sites for hydroxylation is 2. The number of imidazole rings is 1. The van der Waals surface area contributed by atoms with E-state index in [0.717, 1.165) is 11.5 Å². The lowest BCUT2D eigenvalue weighted by Gasteiger charge is -1.87. The van der Waals surface area contributed by atoms with E-state index in [2.05, 4.69) is 36.0 Å². The van der Waals surface area contributed by atoms with Gasteiger partial charge in [-0.25, -0.2) is 4.98 Å². The van der Waals surface area contributed by atoms with Gasteiger partial charge in [-0.3, -0.25) is 0 Å². The molecule has 0 atom stereocenters. The predicted octanol–water partition coefficient (Wildman–Crippen LogP) is 3.31. The highest BCUT2D eigenvalue weighted by atomic mass is 14.9. The highest BCUT2D eigenvalue weighted by Crippen LogP contribution is 2.15. The maximum atomic E-state index is 3.96. The van der Waals surface area contributed by atoms with Crippen molar-refractivity contribution in [3.05, 3.63) is 41.0 Å². The van der Waals surface area contributed by atoms with E-state index in [1.165, 1.54) is 17.6 Å². The van der Waals surface area contributed by atoms with Crippen LogP contribution < -0.4 is 0 Å². The number of aromatic nitrogens is 2. The van der Waals surface area contributed by atoms with Crippen LogP contribution in [0.5, 0.6) is 0 Å². The monoisotopic (exact) mass is 190 g/mol. The number of H-pyrrole nitrogens is 1. The van der Waals surface area contributed by atoms with Crippen molar-refractivity contribution in [2.24, 2.45) is 0 Å². The summed E-state index contributed by atoms with van der Waals surface area (Å²) in [4.78, 5) is 6.99. The average molecular weight is 190 g/mol. The van der Waals surface area contributed by atoms with Crippen LogP contribution >= 0.6 is 0 Å². The molecule has 1 aliphatic rings. The van der Waals surface area contributed by atoms with Gasteiger partial charge in [0.15, 0.2) is 0 Å². The molecular formula is C12H18N2. The van der Waals surface area contributed by atoms with Crippen LogP contribution in [0.2, 0.25) is 0 Å². The van der Waals surface area contributed by atoms with E-state index >= 15 is 0 Å². The van der Waals surface area contributed by atoms with Crippen LogP contribution in [0.4, 0.5) is 0 Å². The lowest BCUT2D eigenvalue weighted by atomic mass is 10.2. The summed E-state index contributed by atoms with van der Waals surface area (Å²) in [6, 6.07) is 0. The molecule has 0 bridgehead atoms. The van der Waals surface area contributed by atoms with Crippen molar-refractivity contribution in [1.29, 1.82) is 0 Å². The van der Waals surface area contributed by atoms with Crippen LogP contribution in [-0.4, -0.2) is 9.97 Å². The third-order valence-electron chi connectivity index (χ3n) is 2.04. The van der Waals surface area contributed by atoms with E-state index in [1.807, 2.05) is 20.0 Å². The van der Waals surface area contributed by atoms with Crippen LogP contribution in [0.25, 0.3) is 0 Å². The molecule has 0 fully saturated rings. The minimum absolute atomic E-state index is 0.984. The van der Waals surface area contributed by atoms with Gasteiger partial charge in [0, 0.05) is 11.9 Å². The van der Waals surface area contributed by atoms with E-state index in [1.54, 1.807) is 0 Å². The minimum Gasteiger partial charge on any atom is -0.346 e. The Morgan fingerprint density at radius 2 is 1.64 bits per heavy atom. The number of allylic oxidation sites excluding steroid dienone is 4. The summed E-state index contributed by atoms with van der Waals surface area (Å²) in [5.41, 5.74) is 4.09. The standard InChI is InChI=1S/C7H10.C5H8N2/c1-6-3-4-7(2)5-6;1-4-3-6-5(2)7-4/h3-4H,5H2,1-2H3;3H,1-2H3,(H,6,7). The summed E-state index contributed by atoms with van der Waals surface area (Å²) >= 11 is 0. The van der Waals surface area contributed by atoms with Gasteiger partial charge in [0.1, 0.15) is 5.82 Å². The van der Waals surface area contributed by atoms with Crippen LogP contribution in [-0.2, 0) is 0 Å². The molecule has 1 aromatic rings. The molecule has 1 aromatic heterocycles. The van der Waals surface area contributed by atoms with Gasteiger partial charge in [0.25, 0.3) is 0 Å². The molecule has 0 amide bonds. The predicted molar refractivity (Wildman–Crippen MR) is 60.2 cm³/mol. The van der Waals surface area contributed by atoms with E-state index in [-0.39, 0.29) is 0 Å². The Labute approximate surface area is 85.8 Å².